The van der Waals surface area contributed by atoms with Crippen molar-refractivity contribution in [1.29, 1.82) is 0 Å². The van der Waals surface area contributed by atoms with Crippen molar-refractivity contribution in [3.05, 3.63) is 23.2 Å². The molecule has 24 heavy (non-hydrogen) atoms. The number of fused-ring (bicyclic) bond motifs is 1. The Morgan fingerprint density at radius 1 is 1.50 bits per heavy atom. The summed E-state index contributed by atoms with van der Waals surface area (Å²) in [5.41, 5.74) is -0.0678. The van der Waals surface area contributed by atoms with E-state index in [1.54, 1.807) is 25.3 Å². The molecule has 1 aliphatic heterocycles. The number of halogens is 1. The molecule has 1 aliphatic carbocycles. The van der Waals surface area contributed by atoms with Gasteiger partial charge in [-0.15, -0.1) is 0 Å². The Bertz CT molecular complexity index is 624. The lowest BCUT2D eigenvalue weighted by molar-refractivity contribution is -0.0607. The molecule has 2 fully saturated rings. The van der Waals surface area contributed by atoms with Gasteiger partial charge in [0.25, 0.3) is 0 Å². The Morgan fingerprint density at radius 2 is 2.29 bits per heavy atom. The summed E-state index contributed by atoms with van der Waals surface area (Å²) in [6.07, 6.45) is 3.69. The van der Waals surface area contributed by atoms with Crippen LogP contribution in [0.15, 0.2) is 18.2 Å². The van der Waals surface area contributed by atoms with E-state index in [0.717, 1.165) is 25.7 Å². The standard InChI is InChI=1S/C18H25ClN2O3/c1-3-18(23)8-4-5-12-10-21(11-14(12)18)17(22)20-15-9-13(19)6-7-16(15)24-2/h6-7,9,12,14,23H,3-5,8,10-11H2,1-2H3,(H,20,22)/t12-,14+,18-/m1/s1. The van der Waals surface area contributed by atoms with Crippen LogP contribution in [-0.4, -0.2) is 41.8 Å². The van der Waals surface area contributed by atoms with Crippen LogP contribution in [0, 0.1) is 11.8 Å². The average Bonchev–Trinajstić information content (AvgIpc) is 3.01. The van der Waals surface area contributed by atoms with Crippen LogP contribution in [0.25, 0.3) is 0 Å². The normalized spacial score (nSPS) is 29.2. The van der Waals surface area contributed by atoms with Crippen LogP contribution in [0.3, 0.4) is 0 Å². The third-order valence-electron chi connectivity index (χ3n) is 5.62. The number of carbonyl (C=O) groups excluding carboxylic acids is 1. The molecule has 5 nitrogen and oxygen atoms in total. The molecule has 1 heterocycles. The molecule has 6 heteroatoms. The minimum absolute atomic E-state index is 0.164. The number of nitrogens with zero attached hydrogens (tertiary/aromatic N) is 1. The number of benzene rings is 1. The molecule has 1 saturated carbocycles. The zero-order valence-corrected chi connectivity index (χ0v) is 15.0. The van der Waals surface area contributed by atoms with Crippen LogP contribution >= 0.6 is 11.6 Å². The first-order valence-corrected chi connectivity index (χ1v) is 8.96. The number of likely N-dealkylation sites (tertiary alicyclic amines) is 1. The molecule has 0 aromatic heterocycles. The Hall–Kier alpha value is -1.46. The van der Waals surface area contributed by atoms with E-state index in [9.17, 15) is 9.90 Å². The highest BCUT2D eigenvalue weighted by Crippen LogP contribution is 2.44. The molecule has 2 aliphatic rings. The Labute approximate surface area is 147 Å². The number of hydrogen-bond donors (Lipinski definition) is 2. The van der Waals surface area contributed by atoms with Gasteiger partial charge in [0.2, 0.25) is 0 Å². The molecule has 1 aromatic rings. The van der Waals surface area contributed by atoms with Crippen molar-refractivity contribution in [1.82, 2.24) is 4.90 Å². The molecule has 0 spiro atoms. The van der Waals surface area contributed by atoms with Gasteiger partial charge in [0.05, 0.1) is 18.4 Å². The van der Waals surface area contributed by atoms with Crippen molar-refractivity contribution in [3.63, 3.8) is 0 Å². The van der Waals surface area contributed by atoms with Gasteiger partial charge < -0.3 is 20.1 Å². The van der Waals surface area contributed by atoms with E-state index in [-0.39, 0.29) is 11.9 Å². The Kier molecular flexibility index (Phi) is 4.92. The quantitative estimate of drug-likeness (QED) is 0.870. The maximum Gasteiger partial charge on any atom is 0.321 e. The zero-order valence-electron chi connectivity index (χ0n) is 14.2. The van der Waals surface area contributed by atoms with E-state index in [1.165, 1.54) is 0 Å². The number of carbonyl (C=O) groups is 1. The number of nitrogens with one attached hydrogen (secondary N) is 1. The molecule has 0 radical (unpaired) electrons. The zero-order chi connectivity index (χ0) is 17.3. The van der Waals surface area contributed by atoms with E-state index in [2.05, 4.69) is 5.32 Å². The predicted octanol–water partition coefficient (Wildman–Crippen LogP) is 3.75. The summed E-state index contributed by atoms with van der Waals surface area (Å²) < 4.78 is 5.28. The third-order valence-corrected chi connectivity index (χ3v) is 5.85. The maximum absolute atomic E-state index is 12.7. The smallest absolute Gasteiger partial charge is 0.321 e. The molecule has 1 saturated heterocycles. The molecule has 3 atom stereocenters. The highest BCUT2D eigenvalue weighted by Gasteiger charge is 2.48. The van der Waals surface area contributed by atoms with E-state index in [0.29, 0.717) is 35.5 Å². The first kappa shape index (κ1) is 17.4. The summed E-state index contributed by atoms with van der Waals surface area (Å²) >= 11 is 6.02. The topological polar surface area (TPSA) is 61.8 Å². The van der Waals surface area contributed by atoms with E-state index in [4.69, 9.17) is 16.3 Å². The summed E-state index contributed by atoms with van der Waals surface area (Å²) in [6, 6.07) is 4.98. The van der Waals surface area contributed by atoms with Crippen molar-refractivity contribution in [2.24, 2.45) is 11.8 Å². The molecule has 3 rings (SSSR count). The second-order valence-corrected chi connectivity index (χ2v) is 7.33. The largest absolute Gasteiger partial charge is 0.495 e. The van der Waals surface area contributed by atoms with Gasteiger partial charge >= 0.3 is 6.03 Å². The second-order valence-electron chi connectivity index (χ2n) is 6.90. The fraction of sp³-hybridized carbons (Fsp3) is 0.611. The molecule has 132 valence electrons. The predicted molar refractivity (Wildman–Crippen MR) is 94.7 cm³/mol. The minimum Gasteiger partial charge on any atom is -0.495 e. The number of hydrogen-bond acceptors (Lipinski definition) is 3. The van der Waals surface area contributed by atoms with E-state index >= 15 is 0 Å². The van der Waals surface area contributed by atoms with Gasteiger partial charge in [0.1, 0.15) is 5.75 Å². The van der Waals surface area contributed by atoms with Gasteiger partial charge in [-0.1, -0.05) is 24.9 Å². The number of rotatable bonds is 3. The second kappa shape index (κ2) is 6.81. The summed E-state index contributed by atoms with van der Waals surface area (Å²) in [7, 11) is 1.56. The van der Waals surface area contributed by atoms with Crippen molar-refractivity contribution < 1.29 is 14.6 Å². The number of amides is 2. The molecular weight excluding hydrogens is 328 g/mol. The van der Waals surface area contributed by atoms with Gasteiger partial charge in [-0.3, -0.25) is 0 Å². The van der Waals surface area contributed by atoms with Crippen LogP contribution in [-0.2, 0) is 0 Å². The van der Waals surface area contributed by atoms with E-state index in [1.807, 2.05) is 11.8 Å². The summed E-state index contributed by atoms with van der Waals surface area (Å²) in [6.45, 7) is 3.33. The summed E-state index contributed by atoms with van der Waals surface area (Å²) in [5, 5.41) is 14.3. The van der Waals surface area contributed by atoms with Gasteiger partial charge in [-0.25, -0.2) is 4.79 Å². The van der Waals surface area contributed by atoms with Crippen LogP contribution in [0.5, 0.6) is 5.75 Å². The molecular formula is C18H25ClN2O3. The highest BCUT2D eigenvalue weighted by molar-refractivity contribution is 6.31. The summed E-state index contributed by atoms with van der Waals surface area (Å²) in [5.74, 6) is 1.13. The lowest BCUT2D eigenvalue weighted by atomic mass is 9.69. The lowest BCUT2D eigenvalue weighted by Gasteiger charge is -2.40. The Balaban J connectivity index is 1.72. The molecule has 0 bridgehead atoms. The molecule has 1 aromatic carbocycles. The lowest BCUT2D eigenvalue weighted by Crippen LogP contribution is -2.44. The number of anilines is 1. The molecule has 2 amide bonds. The van der Waals surface area contributed by atoms with Crippen molar-refractivity contribution >= 4 is 23.3 Å². The summed E-state index contributed by atoms with van der Waals surface area (Å²) in [4.78, 5) is 14.5. The maximum atomic E-state index is 12.7. The highest BCUT2D eigenvalue weighted by atomic mass is 35.5. The van der Waals surface area contributed by atoms with Crippen LogP contribution in [0.4, 0.5) is 10.5 Å². The number of aliphatic hydroxyl groups is 1. The number of ether oxygens (including phenoxy) is 1. The van der Waals surface area contributed by atoms with E-state index < -0.39 is 5.60 Å². The first-order chi connectivity index (χ1) is 11.5. The van der Waals surface area contributed by atoms with Crippen LogP contribution < -0.4 is 10.1 Å². The van der Waals surface area contributed by atoms with Crippen LogP contribution in [0.2, 0.25) is 5.02 Å². The fourth-order valence-corrected chi connectivity index (χ4v) is 4.38. The van der Waals surface area contributed by atoms with Gasteiger partial charge in [0.15, 0.2) is 0 Å². The average molecular weight is 353 g/mol. The molecule has 0 unspecified atom stereocenters. The minimum atomic E-state index is -0.633. The van der Waals surface area contributed by atoms with Gasteiger partial charge in [0, 0.05) is 24.0 Å². The Morgan fingerprint density at radius 3 is 3.00 bits per heavy atom. The van der Waals surface area contributed by atoms with Crippen molar-refractivity contribution in [2.45, 2.75) is 38.2 Å². The SMILES string of the molecule is CC[C@@]1(O)CCC[C@@H]2CN(C(=O)Nc3cc(Cl)ccc3OC)C[C@@H]21. The van der Waals surface area contributed by atoms with Crippen molar-refractivity contribution in [3.8, 4) is 5.75 Å². The first-order valence-electron chi connectivity index (χ1n) is 8.58. The number of urea groups is 1. The van der Waals surface area contributed by atoms with Crippen LogP contribution in [0.1, 0.15) is 32.6 Å². The van der Waals surface area contributed by atoms with Crippen molar-refractivity contribution in [2.75, 3.05) is 25.5 Å². The molecule has 2 N–H and O–H groups in total. The van der Waals surface area contributed by atoms with Gasteiger partial charge in [-0.2, -0.15) is 0 Å². The van der Waals surface area contributed by atoms with Gasteiger partial charge in [-0.05, 0) is 43.4 Å². The fourth-order valence-electron chi connectivity index (χ4n) is 4.21. The number of methoxy groups -OCH3 is 1. The monoisotopic (exact) mass is 352 g/mol. The third kappa shape index (κ3) is 3.20.